The van der Waals surface area contributed by atoms with Crippen LogP contribution in [0.1, 0.15) is 0 Å². The molecular weight excluding hydrogens is 300 g/mol. The second-order valence-electron chi connectivity index (χ2n) is 5.72. The molecule has 2 saturated heterocycles. The highest BCUT2D eigenvalue weighted by Crippen LogP contribution is 2.16. The lowest BCUT2D eigenvalue weighted by molar-refractivity contribution is -0.0180. The first kappa shape index (κ1) is 16.1. The quantitative estimate of drug-likeness (QED) is 0.702. The van der Waals surface area contributed by atoms with E-state index < -0.39 is 12.1 Å². The maximum absolute atomic E-state index is 12.0. The van der Waals surface area contributed by atoms with Crippen molar-refractivity contribution in [1.29, 1.82) is 0 Å². The number of carbonyl (C=O) groups excluding carboxylic acids is 1. The van der Waals surface area contributed by atoms with Gasteiger partial charge in [-0.3, -0.25) is 9.88 Å². The molecule has 1 aromatic rings. The van der Waals surface area contributed by atoms with Gasteiger partial charge in [0, 0.05) is 25.8 Å². The number of hydrogen-bond donors (Lipinski definition) is 3. The summed E-state index contributed by atoms with van der Waals surface area (Å²) in [5, 5.41) is 15.8. The van der Waals surface area contributed by atoms with Crippen LogP contribution in [0.2, 0.25) is 0 Å². The maximum atomic E-state index is 12.0. The first-order chi connectivity index (χ1) is 11.2. The number of carbonyl (C=O) groups is 1. The van der Waals surface area contributed by atoms with Gasteiger partial charge < -0.3 is 25.2 Å². The SMILES string of the molecule is O=C(Nc1cccnc1)N[C@H]1CO[C@@H](CN2CCOCC2)[C@@H]1O. The molecule has 8 heteroatoms. The van der Waals surface area contributed by atoms with Crippen molar-refractivity contribution < 1.29 is 19.4 Å². The molecule has 0 unspecified atom stereocenters. The van der Waals surface area contributed by atoms with Crippen molar-refractivity contribution in [3.05, 3.63) is 24.5 Å². The molecule has 3 heterocycles. The average molecular weight is 322 g/mol. The van der Waals surface area contributed by atoms with Crippen LogP contribution in [0, 0.1) is 0 Å². The van der Waals surface area contributed by atoms with Crippen LogP contribution in [0.15, 0.2) is 24.5 Å². The average Bonchev–Trinajstić information content (AvgIpc) is 2.90. The summed E-state index contributed by atoms with van der Waals surface area (Å²) in [5.74, 6) is 0. The third-order valence-electron chi connectivity index (χ3n) is 4.06. The van der Waals surface area contributed by atoms with Crippen molar-refractivity contribution in [2.45, 2.75) is 18.2 Å². The predicted octanol–water partition coefficient (Wildman–Crippen LogP) is -0.336. The number of ether oxygens (including phenoxy) is 2. The molecule has 0 bridgehead atoms. The van der Waals surface area contributed by atoms with Gasteiger partial charge in [0.25, 0.3) is 0 Å². The van der Waals surface area contributed by atoms with E-state index in [1.54, 1.807) is 24.5 Å². The van der Waals surface area contributed by atoms with E-state index in [9.17, 15) is 9.90 Å². The van der Waals surface area contributed by atoms with Crippen molar-refractivity contribution in [1.82, 2.24) is 15.2 Å². The molecule has 1 aromatic heterocycles. The maximum Gasteiger partial charge on any atom is 0.319 e. The summed E-state index contributed by atoms with van der Waals surface area (Å²) in [4.78, 5) is 18.1. The van der Waals surface area contributed by atoms with Gasteiger partial charge in [-0.15, -0.1) is 0 Å². The summed E-state index contributed by atoms with van der Waals surface area (Å²) >= 11 is 0. The number of urea groups is 1. The van der Waals surface area contributed by atoms with Crippen molar-refractivity contribution >= 4 is 11.7 Å². The molecule has 2 aliphatic rings. The van der Waals surface area contributed by atoms with E-state index in [-0.39, 0.29) is 12.1 Å². The molecule has 3 atom stereocenters. The highest BCUT2D eigenvalue weighted by Gasteiger charge is 2.37. The molecule has 3 N–H and O–H groups in total. The van der Waals surface area contributed by atoms with Gasteiger partial charge in [0.1, 0.15) is 6.10 Å². The summed E-state index contributed by atoms with van der Waals surface area (Å²) in [7, 11) is 0. The van der Waals surface area contributed by atoms with Gasteiger partial charge in [0.2, 0.25) is 0 Å². The lowest BCUT2D eigenvalue weighted by atomic mass is 10.1. The Bertz CT molecular complexity index is 509. The lowest BCUT2D eigenvalue weighted by Gasteiger charge is -2.29. The number of nitrogens with zero attached hydrogens (tertiary/aromatic N) is 2. The standard InChI is InChI=1S/C15H22N4O4/c20-14-12(18-15(21)17-11-2-1-3-16-8-11)10-23-13(14)9-19-4-6-22-7-5-19/h1-3,8,12-14,20H,4-7,9-10H2,(H2,17,18,21)/t12-,13-,14+/m0/s1. The number of anilines is 1. The fourth-order valence-corrected chi connectivity index (χ4v) is 2.78. The normalized spacial score (nSPS) is 28.5. The van der Waals surface area contributed by atoms with Crippen LogP contribution >= 0.6 is 0 Å². The highest BCUT2D eigenvalue weighted by molar-refractivity contribution is 5.89. The van der Waals surface area contributed by atoms with E-state index >= 15 is 0 Å². The van der Waals surface area contributed by atoms with Crippen LogP contribution in [-0.2, 0) is 9.47 Å². The molecule has 2 aliphatic heterocycles. The van der Waals surface area contributed by atoms with Gasteiger partial charge in [0.05, 0.1) is 43.9 Å². The number of rotatable bonds is 4. The Morgan fingerprint density at radius 2 is 2.26 bits per heavy atom. The summed E-state index contributed by atoms with van der Waals surface area (Å²) in [6, 6.07) is 2.69. The van der Waals surface area contributed by atoms with Crippen LogP contribution in [0.3, 0.4) is 0 Å². The van der Waals surface area contributed by atoms with Gasteiger partial charge in [-0.2, -0.15) is 0 Å². The molecule has 0 aliphatic carbocycles. The number of pyridine rings is 1. The van der Waals surface area contributed by atoms with Crippen molar-refractivity contribution in [3.63, 3.8) is 0 Å². The van der Waals surface area contributed by atoms with E-state index in [2.05, 4.69) is 20.5 Å². The number of aliphatic hydroxyl groups excluding tert-OH is 1. The van der Waals surface area contributed by atoms with E-state index in [0.29, 0.717) is 32.1 Å². The fourth-order valence-electron chi connectivity index (χ4n) is 2.78. The third-order valence-corrected chi connectivity index (χ3v) is 4.06. The summed E-state index contributed by atoms with van der Waals surface area (Å²) < 4.78 is 11.0. The number of aromatic nitrogens is 1. The van der Waals surface area contributed by atoms with Crippen molar-refractivity contribution in [2.24, 2.45) is 0 Å². The molecule has 3 rings (SSSR count). The zero-order valence-corrected chi connectivity index (χ0v) is 12.9. The van der Waals surface area contributed by atoms with Gasteiger partial charge in [0.15, 0.2) is 0 Å². The Hall–Kier alpha value is -1.74. The number of amides is 2. The predicted molar refractivity (Wildman–Crippen MR) is 83.2 cm³/mol. The van der Waals surface area contributed by atoms with E-state index in [1.807, 2.05) is 0 Å². The van der Waals surface area contributed by atoms with Crippen LogP contribution in [0.4, 0.5) is 10.5 Å². The molecule has 2 amide bonds. The summed E-state index contributed by atoms with van der Waals surface area (Å²) in [6.45, 7) is 4.04. The Labute approximate surface area is 134 Å². The molecule has 0 spiro atoms. The number of morpholine rings is 1. The lowest BCUT2D eigenvalue weighted by Crippen LogP contribution is -2.49. The minimum absolute atomic E-state index is 0.295. The van der Waals surface area contributed by atoms with Gasteiger partial charge in [-0.1, -0.05) is 0 Å². The largest absolute Gasteiger partial charge is 0.388 e. The first-order valence-corrected chi connectivity index (χ1v) is 7.79. The number of hydrogen-bond acceptors (Lipinski definition) is 6. The zero-order chi connectivity index (χ0) is 16.1. The van der Waals surface area contributed by atoms with Crippen LogP contribution in [0.25, 0.3) is 0 Å². The Morgan fingerprint density at radius 3 is 3.00 bits per heavy atom. The Balaban J connectivity index is 1.46. The zero-order valence-electron chi connectivity index (χ0n) is 12.9. The first-order valence-electron chi connectivity index (χ1n) is 7.79. The monoisotopic (exact) mass is 322 g/mol. The molecule has 0 saturated carbocycles. The minimum Gasteiger partial charge on any atom is -0.388 e. The van der Waals surface area contributed by atoms with Gasteiger partial charge >= 0.3 is 6.03 Å². The highest BCUT2D eigenvalue weighted by atomic mass is 16.5. The second-order valence-corrected chi connectivity index (χ2v) is 5.72. The molecule has 0 radical (unpaired) electrons. The number of nitrogens with one attached hydrogen (secondary N) is 2. The third kappa shape index (κ3) is 4.38. The van der Waals surface area contributed by atoms with Crippen LogP contribution in [-0.4, -0.2) is 78.7 Å². The second kappa shape index (κ2) is 7.69. The van der Waals surface area contributed by atoms with Crippen LogP contribution in [0.5, 0.6) is 0 Å². The molecule has 23 heavy (non-hydrogen) atoms. The molecule has 0 aromatic carbocycles. The molecule has 126 valence electrons. The summed E-state index contributed by atoms with van der Waals surface area (Å²) in [6.07, 6.45) is 2.17. The van der Waals surface area contributed by atoms with E-state index in [0.717, 1.165) is 13.1 Å². The molecule has 8 nitrogen and oxygen atoms in total. The smallest absolute Gasteiger partial charge is 0.319 e. The van der Waals surface area contributed by atoms with Gasteiger partial charge in [-0.05, 0) is 12.1 Å². The van der Waals surface area contributed by atoms with E-state index in [4.69, 9.17) is 9.47 Å². The van der Waals surface area contributed by atoms with Crippen molar-refractivity contribution in [2.75, 3.05) is 44.8 Å². The Morgan fingerprint density at radius 1 is 1.43 bits per heavy atom. The van der Waals surface area contributed by atoms with Crippen molar-refractivity contribution in [3.8, 4) is 0 Å². The van der Waals surface area contributed by atoms with Gasteiger partial charge in [-0.25, -0.2) is 4.79 Å². The molecule has 2 fully saturated rings. The fraction of sp³-hybridized carbons (Fsp3) is 0.600. The minimum atomic E-state index is -0.725. The number of aliphatic hydroxyl groups is 1. The Kier molecular flexibility index (Phi) is 5.39. The molecular formula is C15H22N4O4. The van der Waals surface area contributed by atoms with Crippen LogP contribution < -0.4 is 10.6 Å². The van der Waals surface area contributed by atoms with E-state index in [1.165, 1.54) is 0 Å². The topological polar surface area (TPSA) is 96.0 Å². The summed E-state index contributed by atoms with van der Waals surface area (Å²) in [5.41, 5.74) is 0.600.